The van der Waals surface area contributed by atoms with E-state index in [9.17, 15) is 28.7 Å². The Labute approximate surface area is 203 Å². The van der Waals surface area contributed by atoms with Crippen molar-refractivity contribution in [3.8, 4) is 5.75 Å². The minimum atomic E-state index is -0.712. The SMILES string of the molecule is CN(C)C(=O)C(=O)N(C)C1CCC(Cn2cnc(C(=O)NCC3C=CC(F)=CC3)c(O)c2=O)CC1. The summed E-state index contributed by atoms with van der Waals surface area (Å²) in [5, 5.41) is 12.9. The zero-order valence-electron chi connectivity index (χ0n) is 20.2. The van der Waals surface area contributed by atoms with Crippen LogP contribution in [-0.2, 0) is 16.1 Å². The van der Waals surface area contributed by atoms with Crippen LogP contribution in [0, 0.1) is 11.8 Å². The molecule has 35 heavy (non-hydrogen) atoms. The molecule has 1 unspecified atom stereocenters. The number of nitrogens with zero attached hydrogens (tertiary/aromatic N) is 4. The second-order valence-electron chi connectivity index (χ2n) is 9.34. The Hall–Kier alpha value is -3.50. The molecule has 2 aliphatic rings. The predicted molar refractivity (Wildman–Crippen MR) is 126 cm³/mol. The number of halogens is 1. The van der Waals surface area contributed by atoms with Gasteiger partial charge in [-0.15, -0.1) is 0 Å². The summed E-state index contributed by atoms with van der Waals surface area (Å²) in [4.78, 5) is 56.0. The lowest BCUT2D eigenvalue weighted by atomic mass is 9.85. The molecule has 0 aromatic carbocycles. The highest BCUT2D eigenvalue weighted by atomic mass is 19.1. The maximum absolute atomic E-state index is 13.0. The van der Waals surface area contributed by atoms with Gasteiger partial charge in [0.1, 0.15) is 5.83 Å². The summed E-state index contributed by atoms with van der Waals surface area (Å²) in [5.41, 5.74) is -1.04. The standard InChI is InChI=1S/C24H32FN5O5/c1-28(2)23(34)24(35)29(3)18-10-6-16(7-11-18)13-30-14-27-19(20(31)22(30)33)21(32)26-12-15-4-8-17(25)9-5-15/h4,8-9,14-16,18,31H,5-7,10-13H2,1-3H3,(H,26,32). The minimum absolute atomic E-state index is 0.0528. The van der Waals surface area contributed by atoms with Gasteiger partial charge in [0.2, 0.25) is 5.75 Å². The van der Waals surface area contributed by atoms with Crippen molar-refractivity contribution in [2.75, 3.05) is 27.7 Å². The van der Waals surface area contributed by atoms with Crippen molar-refractivity contribution in [1.82, 2.24) is 24.7 Å². The van der Waals surface area contributed by atoms with Crippen LogP contribution in [0.1, 0.15) is 42.6 Å². The number of likely N-dealkylation sites (N-methyl/N-ethyl adjacent to an activating group) is 2. The molecule has 1 aromatic rings. The van der Waals surface area contributed by atoms with Gasteiger partial charge >= 0.3 is 11.8 Å². The molecule has 0 saturated heterocycles. The van der Waals surface area contributed by atoms with E-state index >= 15 is 0 Å². The van der Waals surface area contributed by atoms with E-state index in [-0.39, 0.29) is 35.9 Å². The lowest BCUT2D eigenvalue weighted by molar-refractivity contribution is -0.151. The summed E-state index contributed by atoms with van der Waals surface area (Å²) in [6.45, 7) is 0.552. The van der Waals surface area contributed by atoms with Crippen molar-refractivity contribution in [1.29, 1.82) is 0 Å². The van der Waals surface area contributed by atoms with Gasteiger partial charge in [-0.2, -0.15) is 0 Å². The zero-order chi connectivity index (χ0) is 25.7. The first-order chi connectivity index (χ1) is 16.6. The first-order valence-corrected chi connectivity index (χ1v) is 11.7. The van der Waals surface area contributed by atoms with E-state index < -0.39 is 29.0 Å². The normalized spacial score (nSPS) is 21.7. The van der Waals surface area contributed by atoms with Gasteiger partial charge in [0.15, 0.2) is 5.69 Å². The molecule has 2 N–H and O–H groups in total. The maximum atomic E-state index is 13.0. The highest BCUT2D eigenvalue weighted by Crippen LogP contribution is 2.28. The number of carbonyl (C=O) groups excluding carboxylic acids is 3. The highest BCUT2D eigenvalue weighted by Gasteiger charge is 2.30. The number of rotatable bonds is 6. The minimum Gasteiger partial charge on any atom is -0.501 e. The van der Waals surface area contributed by atoms with Crippen molar-refractivity contribution >= 4 is 17.7 Å². The molecule has 11 heteroatoms. The zero-order valence-corrected chi connectivity index (χ0v) is 20.2. The van der Waals surface area contributed by atoms with E-state index in [2.05, 4.69) is 10.3 Å². The van der Waals surface area contributed by atoms with Crippen LogP contribution in [0.4, 0.5) is 4.39 Å². The van der Waals surface area contributed by atoms with E-state index in [1.165, 1.54) is 46.9 Å². The second kappa shape index (κ2) is 11.3. The first-order valence-electron chi connectivity index (χ1n) is 11.7. The quantitative estimate of drug-likeness (QED) is 0.579. The number of aromatic nitrogens is 2. The van der Waals surface area contributed by atoms with Gasteiger partial charge in [0.25, 0.3) is 11.5 Å². The van der Waals surface area contributed by atoms with Crippen LogP contribution in [0.3, 0.4) is 0 Å². The molecule has 0 radical (unpaired) electrons. The van der Waals surface area contributed by atoms with Gasteiger partial charge in [-0.3, -0.25) is 23.7 Å². The van der Waals surface area contributed by atoms with Crippen LogP contribution in [-0.4, -0.2) is 75.9 Å². The molecule has 1 heterocycles. The Bertz CT molecular complexity index is 1090. The van der Waals surface area contributed by atoms with Gasteiger partial charge in [-0.1, -0.05) is 6.08 Å². The number of allylic oxidation sites excluding steroid dienone is 3. The molecule has 1 atom stereocenters. The molecule has 1 saturated carbocycles. The third-order valence-electron chi connectivity index (χ3n) is 6.63. The van der Waals surface area contributed by atoms with Crippen molar-refractivity contribution in [3.63, 3.8) is 0 Å². The number of hydrogen-bond acceptors (Lipinski definition) is 6. The fourth-order valence-electron chi connectivity index (χ4n) is 4.37. The molecule has 1 fully saturated rings. The van der Waals surface area contributed by atoms with Crippen LogP contribution in [0.15, 0.2) is 35.2 Å². The van der Waals surface area contributed by atoms with Gasteiger partial charge in [-0.05, 0) is 56.1 Å². The van der Waals surface area contributed by atoms with Crippen LogP contribution in [0.25, 0.3) is 0 Å². The Morgan fingerprint density at radius 2 is 1.86 bits per heavy atom. The van der Waals surface area contributed by atoms with E-state index in [0.717, 1.165) is 12.8 Å². The molecule has 190 valence electrons. The molecule has 3 amide bonds. The summed E-state index contributed by atoms with van der Waals surface area (Å²) >= 11 is 0. The third-order valence-corrected chi connectivity index (χ3v) is 6.63. The first kappa shape index (κ1) is 26.1. The average Bonchev–Trinajstić information content (AvgIpc) is 2.85. The van der Waals surface area contributed by atoms with Crippen LogP contribution < -0.4 is 10.9 Å². The molecule has 0 bridgehead atoms. The van der Waals surface area contributed by atoms with Crippen molar-refractivity contribution in [2.24, 2.45) is 11.8 Å². The smallest absolute Gasteiger partial charge is 0.312 e. The molecular weight excluding hydrogens is 457 g/mol. The van der Waals surface area contributed by atoms with Crippen molar-refractivity contribution < 1.29 is 23.9 Å². The maximum Gasteiger partial charge on any atom is 0.312 e. The largest absolute Gasteiger partial charge is 0.501 e. The Morgan fingerprint density at radius 1 is 1.17 bits per heavy atom. The topological polar surface area (TPSA) is 125 Å². The Morgan fingerprint density at radius 3 is 2.46 bits per heavy atom. The van der Waals surface area contributed by atoms with E-state index in [0.29, 0.717) is 25.8 Å². The van der Waals surface area contributed by atoms with Crippen LogP contribution >= 0.6 is 0 Å². The number of aromatic hydroxyl groups is 1. The predicted octanol–water partition coefficient (Wildman–Crippen LogP) is 1.21. The Balaban J connectivity index is 1.54. The van der Waals surface area contributed by atoms with Gasteiger partial charge in [0, 0.05) is 40.3 Å². The van der Waals surface area contributed by atoms with E-state index in [1.807, 2.05) is 0 Å². The number of amides is 3. The van der Waals surface area contributed by atoms with Crippen molar-refractivity contribution in [2.45, 2.75) is 44.7 Å². The number of carbonyl (C=O) groups is 3. The summed E-state index contributed by atoms with van der Waals surface area (Å²) < 4.78 is 14.3. The number of hydrogen-bond donors (Lipinski definition) is 2. The molecule has 2 aliphatic carbocycles. The lowest BCUT2D eigenvalue weighted by Crippen LogP contribution is -2.46. The van der Waals surface area contributed by atoms with Gasteiger partial charge in [-0.25, -0.2) is 9.37 Å². The van der Waals surface area contributed by atoms with Crippen LogP contribution in [0.5, 0.6) is 5.75 Å². The molecule has 3 rings (SSSR count). The second-order valence-corrected chi connectivity index (χ2v) is 9.34. The summed E-state index contributed by atoms with van der Waals surface area (Å²) in [6, 6.07) is -0.0528. The van der Waals surface area contributed by atoms with Crippen molar-refractivity contribution in [3.05, 3.63) is 46.4 Å². The Kier molecular flexibility index (Phi) is 8.42. The fraction of sp³-hybridized carbons (Fsp3) is 0.542. The fourth-order valence-corrected chi connectivity index (χ4v) is 4.37. The molecular formula is C24H32FN5O5. The number of nitrogens with one attached hydrogen (secondary N) is 1. The van der Waals surface area contributed by atoms with Crippen LogP contribution in [0.2, 0.25) is 0 Å². The lowest BCUT2D eigenvalue weighted by Gasteiger charge is -2.34. The molecule has 10 nitrogen and oxygen atoms in total. The summed E-state index contributed by atoms with van der Waals surface area (Å²) in [5.74, 6) is -2.75. The highest BCUT2D eigenvalue weighted by molar-refractivity contribution is 6.34. The average molecular weight is 490 g/mol. The van der Waals surface area contributed by atoms with Gasteiger partial charge < -0.3 is 20.2 Å². The van der Waals surface area contributed by atoms with E-state index in [4.69, 9.17) is 0 Å². The summed E-state index contributed by atoms with van der Waals surface area (Å²) in [6.07, 6.45) is 8.98. The monoisotopic (exact) mass is 489 g/mol. The van der Waals surface area contributed by atoms with Gasteiger partial charge in [0.05, 0.1) is 6.33 Å². The third kappa shape index (κ3) is 6.34. The summed E-state index contributed by atoms with van der Waals surface area (Å²) in [7, 11) is 4.70. The molecule has 1 aromatic heterocycles. The molecule has 0 aliphatic heterocycles. The van der Waals surface area contributed by atoms with E-state index in [1.54, 1.807) is 13.1 Å². The molecule has 0 spiro atoms.